The Bertz CT molecular complexity index is 473. The van der Waals surface area contributed by atoms with Crippen LogP contribution in [0.3, 0.4) is 0 Å². The van der Waals surface area contributed by atoms with E-state index in [0.29, 0.717) is 18.2 Å². The van der Waals surface area contributed by atoms with Crippen LogP contribution >= 0.6 is 0 Å². The summed E-state index contributed by atoms with van der Waals surface area (Å²) in [6.07, 6.45) is 4.27. The van der Waals surface area contributed by atoms with E-state index < -0.39 is 5.82 Å². The van der Waals surface area contributed by atoms with Crippen LogP contribution in [-0.4, -0.2) is 11.1 Å². The Morgan fingerprint density at radius 3 is 2.67 bits per heavy atom. The van der Waals surface area contributed by atoms with Crippen LogP contribution in [0.5, 0.6) is 5.75 Å². The summed E-state index contributed by atoms with van der Waals surface area (Å²) in [5, 5.41) is 13.2. The molecule has 4 atom stereocenters. The maximum atomic E-state index is 13.2. The Morgan fingerprint density at radius 1 is 1.22 bits per heavy atom. The van der Waals surface area contributed by atoms with Gasteiger partial charge in [0.2, 0.25) is 0 Å². The molecule has 0 spiro atoms. The molecule has 3 aliphatic carbocycles. The summed E-state index contributed by atoms with van der Waals surface area (Å²) >= 11 is 0. The van der Waals surface area contributed by atoms with Crippen molar-refractivity contribution in [1.82, 2.24) is 5.32 Å². The van der Waals surface area contributed by atoms with Crippen molar-refractivity contribution >= 4 is 0 Å². The van der Waals surface area contributed by atoms with Gasteiger partial charge in [-0.15, -0.1) is 0 Å². The maximum absolute atomic E-state index is 13.2. The van der Waals surface area contributed by atoms with Crippen molar-refractivity contribution < 1.29 is 9.50 Å². The number of hydrogen-bond acceptors (Lipinski definition) is 2. The molecule has 0 saturated heterocycles. The molecule has 4 unspecified atom stereocenters. The Balaban J connectivity index is 1.42. The van der Waals surface area contributed by atoms with Gasteiger partial charge in [0.15, 0.2) is 11.6 Å². The van der Waals surface area contributed by atoms with Crippen LogP contribution in [0.25, 0.3) is 0 Å². The smallest absolute Gasteiger partial charge is 0.165 e. The first-order valence-corrected chi connectivity index (χ1v) is 6.95. The molecular formula is C15H18FNO. The van der Waals surface area contributed by atoms with E-state index in [4.69, 9.17) is 0 Å². The zero-order chi connectivity index (χ0) is 12.3. The summed E-state index contributed by atoms with van der Waals surface area (Å²) in [5.41, 5.74) is 0.673. The van der Waals surface area contributed by atoms with E-state index in [1.807, 2.05) is 0 Å². The van der Waals surface area contributed by atoms with E-state index in [1.165, 1.54) is 25.3 Å². The molecule has 0 aliphatic heterocycles. The molecule has 3 fully saturated rings. The van der Waals surface area contributed by atoms with Gasteiger partial charge in [-0.05, 0) is 49.0 Å². The first-order chi connectivity index (χ1) is 8.75. The third kappa shape index (κ3) is 1.43. The molecule has 0 radical (unpaired) electrons. The van der Waals surface area contributed by atoms with E-state index in [1.54, 1.807) is 12.1 Å². The van der Waals surface area contributed by atoms with Gasteiger partial charge < -0.3 is 10.4 Å². The molecule has 4 rings (SSSR count). The summed E-state index contributed by atoms with van der Waals surface area (Å²) in [6.45, 7) is 0.584. The van der Waals surface area contributed by atoms with Gasteiger partial charge in [0.1, 0.15) is 0 Å². The number of aromatic hydroxyl groups is 1. The van der Waals surface area contributed by atoms with Crippen molar-refractivity contribution in [3.63, 3.8) is 0 Å². The van der Waals surface area contributed by atoms with Gasteiger partial charge in [0.05, 0.1) is 0 Å². The van der Waals surface area contributed by atoms with Crippen LogP contribution in [0.1, 0.15) is 24.8 Å². The van der Waals surface area contributed by atoms with Crippen LogP contribution < -0.4 is 5.32 Å². The summed E-state index contributed by atoms with van der Waals surface area (Å²) in [4.78, 5) is 0. The van der Waals surface area contributed by atoms with E-state index in [-0.39, 0.29) is 5.75 Å². The van der Waals surface area contributed by atoms with Crippen LogP contribution in [-0.2, 0) is 6.54 Å². The number of hydrogen-bond donors (Lipinski definition) is 2. The van der Waals surface area contributed by atoms with Crippen molar-refractivity contribution in [2.45, 2.75) is 31.8 Å². The highest BCUT2D eigenvalue weighted by Crippen LogP contribution is 2.65. The van der Waals surface area contributed by atoms with Crippen LogP contribution in [0.15, 0.2) is 18.2 Å². The van der Waals surface area contributed by atoms with E-state index in [9.17, 15) is 9.50 Å². The van der Waals surface area contributed by atoms with E-state index in [2.05, 4.69) is 5.32 Å². The largest absolute Gasteiger partial charge is 0.505 e. The molecule has 3 aliphatic rings. The monoisotopic (exact) mass is 247 g/mol. The molecule has 1 aromatic rings. The third-order valence-corrected chi connectivity index (χ3v) is 5.33. The molecule has 2 nitrogen and oxygen atoms in total. The molecule has 2 bridgehead atoms. The first kappa shape index (κ1) is 10.8. The molecule has 18 heavy (non-hydrogen) atoms. The van der Waals surface area contributed by atoms with E-state index in [0.717, 1.165) is 23.7 Å². The summed E-state index contributed by atoms with van der Waals surface area (Å²) in [5.74, 6) is 2.92. The zero-order valence-electron chi connectivity index (χ0n) is 10.3. The normalized spacial score (nSPS) is 39.9. The highest BCUT2D eigenvalue weighted by atomic mass is 19.1. The van der Waals surface area contributed by atoms with Crippen LogP contribution in [0.4, 0.5) is 4.39 Å². The molecule has 3 saturated carbocycles. The Labute approximate surface area is 106 Å². The topological polar surface area (TPSA) is 32.3 Å². The lowest BCUT2D eigenvalue weighted by Crippen LogP contribution is -2.22. The van der Waals surface area contributed by atoms with Crippen LogP contribution in [0, 0.1) is 29.5 Å². The number of phenols is 1. The summed E-state index contributed by atoms with van der Waals surface area (Å²) < 4.78 is 13.2. The number of para-hydroxylation sites is 1. The van der Waals surface area contributed by atoms with Crippen molar-refractivity contribution in [1.29, 1.82) is 0 Å². The van der Waals surface area contributed by atoms with Crippen LogP contribution in [0.2, 0.25) is 0 Å². The van der Waals surface area contributed by atoms with Crippen molar-refractivity contribution in [2.24, 2.45) is 23.7 Å². The van der Waals surface area contributed by atoms with Crippen molar-refractivity contribution in [3.05, 3.63) is 29.6 Å². The number of phenolic OH excluding ortho intramolecular Hbond substituents is 1. The quantitative estimate of drug-likeness (QED) is 0.860. The van der Waals surface area contributed by atoms with Gasteiger partial charge in [-0.3, -0.25) is 0 Å². The summed E-state index contributed by atoms with van der Waals surface area (Å²) in [6, 6.07) is 5.37. The number of halogens is 1. The predicted molar refractivity (Wildman–Crippen MR) is 66.5 cm³/mol. The Hall–Kier alpha value is -1.09. The van der Waals surface area contributed by atoms with Gasteiger partial charge in [-0.1, -0.05) is 12.1 Å². The fourth-order valence-electron chi connectivity index (χ4n) is 4.53. The highest BCUT2D eigenvalue weighted by Gasteiger charge is 2.64. The standard InChI is InChI=1S/C15H18FNO/c16-11-3-1-2-10(15(11)18)7-17-14-12-8-4-5-9(6-8)13(12)14/h1-3,8-9,12-14,17-18H,4-7H2. The minimum absolute atomic E-state index is 0.196. The second-order valence-corrected chi connectivity index (χ2v) is 6.14. The molecule has 2 N–H and O–H groups in total. The molecule has 3 heteroatoms. The Kier molecular flexibility index (Phi) is 2.22. The second-order valence-electron chi connectivity index (χ2n) is 6.14. The number of rotatable bonds is 3. The molecular weight excluding hydrogens is 229 g/mol. The first-order valence-electron chi connectivity index (χ1n) is 6.95. The average Bonchev–Trinajstić information content (AvgIpc) is 2.77. The predicted octanol–water partition coefficient (Wildman–Crippen LogP) is 2.67. The summed E-state index contributed by atoms with van der Waals surface area (Å²) in [7, 11) is 0. The molecule has 0 amide bonds. The van der Waals surface area contributed by atoms with Crippen molar-refractivity contribution in [2.75, 3.05) is 0 Å². The van der Waals surface area contributed by atoms with Gasteiger partial charge in [0, 0.05) is 18.2 Å². The molecule has 96 valence electrons. The minimum atomic E-state index is -0.523. The third-order valence-electron chi connectivity index (χ3n) is 5.33. The maximum Gasteiger partial charge on any atom is 0.165 e. The fraction of sp³-hybridized carbons (Fsp3) is 0.600. The van der Waals surface area contributed by atoms with Crippen molar-refractivity contribution in [3.8, 4) is 5.75 Å². The number of nitrogens with one attached hydrogen (secondary N) is 1. The Morgan fingerprint density at radius 2 is 1.94 bits per heavy atom. The lowest BCUT2D eigenvalue weighted by Gasteiger charge is -2.11. The lowest BCUT2D eigenvalue weighted by molar-refractivity contribution is 0.417. The van der Waals surface area contributed by atoms with Gasteiger partial charge >= 0.3 is 0 Å². The van der Waals surface area contributed by atoms with Gasteiger partial charge in [0.25, 0.3) is 0 Å². The number of fused-ring (bicyclic) bond motifs is 5. The van der Waals surface area contributed by atoms with E-state index >= 15 is 0 Å². The second kappa shape index (κ2) is 3.70. The fourth-order valence-corrected chi connectivity index (χ4v) is 4.53. The molecule has 1 aromatic carbocycles. The van der Waals surface area contributed by atoms with Gasteiger partial charge in [-0.2, -0.15) is 0 Å². The highest BCUT2D eigenvalue weighted by molar-refractivity contribution is 5.33. The lowest BCUT2D eigenvalue weighted by atomic mass is 10.0. The SMILES string of the molecule is Oc1c(F)cccc1CNC1C2C3CCC(C3)C12. The molecule has 0 aromatic heterocycles. The minimum Gasteiger partial charge on any atom is -0.505 e. The zero-order valence-corrected chi connectivity index (χ0v) is 10.3. The molecule has 0 heterocycles. The average molecular weight is 247 g/mol. The van der Waals surface area contributed by atoms with Gasteiger partial charge in [-0.25, -0.2) is 4.39 Å². The number of benzene rings is 1.